The number of guanidine groups is 1. The van der Waals surface area contributed by atoms with Gasteiger partial charge in [-0.05, 0) is 32.1 Å². The molecular formula is C14H30N4O. The van der Waals surface area contributed by atoms with Gasteiger partial charge in [-0.2, -0.15) is 0 Å². The van der Waals surface area contributed by atoms with Gasteiger partial charge in [0.25, 0.3) is 0 Å². The van der Waals surface area contributed by atoms with E-state index in [1.54, 1.807) is 7.11 Å². The van der Waals surface area contributed by atoms with Crippen molar-refractivity contribution in [2.45, 2.75) is 52.0 Å². The lowest BCUT2D eigenvalue weighted by atomic mass is 9.96. The van der Waals surface area contributed by atoms with Gasteiger partial charge in [0, 0.05) is 20.2 Å². The summed E-state index contributed by atoms with van der Waals surface area (Å²) in [6.07, 6.45) is 6.43. The highest BCUT2D eigenvalue weighted by atomic mass is 16.5. The van der Waals surface area contributed by atoms with E-state index in [-0.39, 0.29) is 6.04 Å². The summed E-state index contributed by atoms with van der Waals surface area (Å²) >= 11 is 0. The number of hydrazine groups is 1. The second-order valence-electron chi connectivity index (χ2n) is 5.47. The molecule has 0 amide bonds. The fraction of sp³-hybridized carbons (Fsp3) is 0.929. The van der Waals surface area contributed by atoms with Crippen LogP contribution in [0.5, 0.6) is 0 Å². The Labute approximate surface area is 117 Å². The molecule has 0 bridgehead atoms. The van der Waals surface area contributed by atoms with Crippen molar-refractivity contribution in [2.75, 3.05) is 26.8 Å². The zero-order valence-corrected chi connectivity index (χ0v) is 12.7. The van der Waals surface area contributed by atoms with E-state index in [1.165, 1.54) is 32.1 Å². The normalized spacial score (nSPS) is 23.1. The van der Waals surface area contributed by atoms with Crippen LogP contribution in [0.25, 0.3) is 0 Å². The number of rotatable bonds is 5. The van der Waals surface area contributed by atoms with Crippen LogP contribution >= 0.6 is 0 Å². The average molecular weight is 270 g/mol. The van der Waals surface area contributed by atoms with Crippen LogP contribution < -0.4 is 11.3 Å². The molecule has 3 N–H and O–H groups in total. The van der Waals surface area contributed by atoms with Crippen molar-refractivity contribution in [3.63, 3.8) is 0 Å². The number of hydrogen-bond donors (Lipinski definition) is 2. The van der Waals surface area contributed by atoms with Crippen LogP contribution in [-0.2, 0) is 4.74 Å². The second-order valence-corrected chi connectivity index (χ2v) is 5.47. The highest BCUT2D eigenvalue weighted by Crippen LogP contribution is 2.21. The van der Waals surface area contributed by atoms with E-state index in [0.717, 1.165) is 25.0 Å². The Morgan fingerprint density at radius 3 is 2.89 bits per heavy atom. The molecule has 2 atom stereocenters. The molecule has 19 heavy (non-hydrogen) atoms. The van der Waals surface area contributed by atoms with Crippen LogP contribution in [0, 0.1) is 5.92 Å². The van der Waals surface area contributed by atoms with E-state index < -0.39 is 0 Å². The summed E-state index contributed by atoms with van der Waals surface area (Å²) in [5.41, 5.74) is 2.76. The molecule has 1 heterocycles. The van der Waals surface area contributed by atoms with Crippen molar-refractivity contribution >= 4 is 5.96 Å². The van der Waals surface area contributed by atoms with Crippen LogP contribution in [0.4, 0.5) is 0 Å². The number of nitrogens with two attached hydrogens (primary N) is 1. The summed E-state index contributed by atoms with van der Waals surface area (Å²) in [5, 5.41) is 0. The fourth-order valence-electron chi connectivity index (χ4n) is 2.77. The highest BCUT2D eigenvalue weighted by molar-refractivity contribution is 5.79. The van der Waals surface area contributed by atoms with E-state index in [2.05, 4.69) is 22.2 Å². The number of nitrogens with zero attached hydrogens (tertiary/aromatic N) is 2. The molecule has 0 saturated carbocycles. The quantitative estimate of drug-likeness (QED) is 0.346. The minimum atomic E-state index is 0.130. The van der Waals surface area contributed by atoms with Crippen LogP contribution in [0.15, 0.2) is 4.99 Å². The first kappa shape index (κ1) is 16.2. The molecule has 0 spiro atoms. The van der Waals surface area contributed by atoms with Crippen LogP contribution in [0.3, 0.4) is 0 Å². The molecule has 1 saturated heterocycles. The summed E-state index contributed by atoms with van der Waals surface area (Å²) in [4.78, 5) is 6.88. The minimum absolute atomic E-state index is 0.130. The van der Waals surface area contributed by atoms with Crippen molar-refractivity contribution in [1.29, 1.82) is 0 Å². The van der Waals surface area contributed by atoms with Gasteiger partial charge in [0.15, 0.2) is 0 Å². The molecule has 1 aliphatic heterocycles. The molecule has 2 unspecified atom stereocenters. The molecule has 1 rings (SSSR count). The molecule has 0 aromatic heterocycles. The number of methoxy groups -OCH3 is 1. The molecule has 112 valence electrons. The average Bonchev–Trinajstić information content (AvgIpc) is 2.62. The molecule has 0 aromatic rings. The number of aliphatic imine (C=N–C) groups is 1. The van der Waals surface area contributed by atoms with Gasteiger partial charge < -0.3 is 9.64 Å². The Morgan fingerprint density at radius 2 is 2.26 bits per heavy atom. The van der Waals surface area contributed by atoms with Gasteiger partial charge >= 0.3 is 0 Å². The van der Waals surface area contributed by atoms with E-state index in [0.29, 0.717) is 6.61 Å². The van der Waals surface area contributed by atoms with Gasteiger partial charge in [0.05, 0.1) is 12.6 Å². The third-order valence-electron chi connectivity index (χ3n) is 3.72. The number of ether oxygens (including phenoxy) is 1. The molecule has 1 aliphatic rings. The maximum Gasteiger partial charge on any atom is 0.208 e. The van der Waals surface area contributed by atoms with E-state index in [4.69, 9.17) is 10.6 Å². The third kappa shape index (κ3) is 5.78. The maximum atomic E-state index is 5.63. The lowest BCUT2D eigenvalue weighted by Crippen LogP contribution is -2.46. The summed E-state index contributed by atoms with van der Waals surface area (Å²) in [7, 11) is 1.70. The Balaban J connectivity index is 2.56. The van der Waals surface area contributed by atoms with Crippen molar-refractivity contribution in [3.8, 4) is 0 Å². The predicted octanol–water partition coefficient (Wildman–Crippen LogP) is 1.74. The van der Waals surface area contributed by atoms with Crippen LogP contribution in [0.1, 0.15) is 46.0 Å². The first-order valence-electron chi connectivity index (χ1n) is 7.49. The Hall–Kier alpha value is -0.810. The standard InChI is InChI=1S/C14H30N4O/c1-4-6-13-7-5-9-18(10-8-13)14(17-15)16-12(2)11-19-3/h12-13H,4-11,15H2,1-3H3,(H,16,17). The number of nitrogens with one attached hydrogen (secondary N) is 1. The molecule has 5 nitrogen and oxygen atoms in total. The van der Waals surface area contributed by atoms with Gasteiger partial charge in [-0.25, -0.2) is 10.8 Å². The lowest BCUT2D eigenvalue weighted by molar-refractivity contribution is 0.185. The fourth-order valence-corrected chi connectivity index (χ4v) is 2.77. The van der Waals surface area contributed by atoms with Crippen LogP contribution in [-0.4, -0.2) is 43.7 Å². The predicted molar refractivity (Wildman–Crippen MR) is 79.9 cm³/mol. The van der Waals surface area contributed by atoms with Crippen molar-refractivity contribution in [2.24, 2.45) is 16.8 Å². The largest absolute Gasteiger partial charge is 0.382 e. The third-order valence-corrected chi connectivity index (χ3v) is 3.72. The van der Waals surface area contributed by atoms with Gasteiger partial charge in [0.1, 0.15) is 0 Å². The first-order chi connectivity index (χ1) is 9.21. The Kier molecular flexibility index (Phi) is 7.82. The minimum Gasteiger partial charge on any atom is -0.382 e. The summed E-state index contributed by atoms with van der Waals surface area (Å²) < 4.78 is 5.12. The van der Waals surface area contributed by atoms with Gasteiger partial charge in [0.2, 0.25) is 5.96 Å². The second kappa shape index (κ2) is 9.15. The maximum absolute atomic E-state index is 5.63. The van der Waals surface area contributed by atoms with Gasteiger partial charge in [-0.3, -0.25) is 5.43 Å². The summed E-state index contributed by atoms with van der Waals surface area (Å²) in [5.74, 6) is 7.30. The van der Waals surface area contributed by atoms with E-state index in [9.17, 15) is 0 Å². The molecule has 0 aromatic carbocycles. The van der Waals surface area contributed by atoms with Crippen molar-refractivity contribution in [1.82, 2.24) is 10.3 Å². The smallest absolute Gasteiger partial charge is 0.208 e. The molecule has 0 aliphatic carbocycles. The summed E-state index contributed by atoms with van der Waals surface area (Å²) in [6, 6.07) is 0.130. The molecule has 5 heteroatoms. The Morgan fingerprint density at radius 1 is 1.47 bits per heavy atom. The van der Waals surface area contributed by atoms with E-state index >= 15 is 0 Å². The molecule has 1 fully saturated rings. The van der Waals surface area contributed by atoms with Gasteiger partial charge in [-0.1, -0.05) is 19.8 Å². The van der Waals surface area contributed by atoms with Crippen molar-refractivity contribution in [3.05, 3.63) is 0 Å². The zero-order valence-electron chi connectivity index (χ0n) is 12.7. The zero-order chi connectivity index (χ0) is 14.1. The number of likely N-dealkylation sites (tertiary alicyclic amines) is 1. The first-order valence-corrected chi connectivity index (χ1v) is 7.49. The SMILES string of the molecule is CCCC1CCCN(C(=NC(C)COC)NN)CC1. The van der Waals surface area contributed by atoms with Crippen LogP contribution in [0.2, 0.25) is 0 Å². The number of hydrogen-bond acceptors (Lipinski definition) is 3. The molecular weight excluding hydrogens is 240 g/mol. The monoisotopic (exact) mass is 270 g/mol. The molecule has 0 radical (unpaired) electrons. The Bertz CT molecular complexity index is 270. The summed E-state index contributed by atoms with van der Waals surface area (Å²) in [6.45, 7) is 7.02. The van der Waals surface area contributed by atoms with E-state index in [1.807, 2.05) is 6.92 Å². The lowest BCUT2D eigenvalue weighted by Gasteiger charge is -2.24. The van der Waals surface area contributed by atoms with Gasteiger partial charge in [-0.15, -0.1) is 0 Å². The van der Waals surface area contributed by atoms with Crippen molar-refractivity contribution < 1.29 is 4.74 Å². The topological polar surface area (TPSA) is 62.9 Å². The highest BCUT2D eigenvalue weighted by Gasteiger charge is 2.19.